The van der Waals surface area contributed by atoms with Crippen molar-refractivity contribution >= 4 is 34.0 Å². The van der Waals surface area contributed by atoms with Crippen molar-refractivity contribution in [2.75, 3.05) is 5.43 Å². The van der Waals surface area contributed by atoms with Crippen molar-refractivity contribution in [1.82, 2.24) is 4.68 Å². The zero-order valence-electron chi connectivity index (χ0n) is 9.98. The van der Waals surface area contributed by atoms with Gasteiger partial charge in [-0.15, -0.1) is 0 Å². The maximum absolute atomic E-state index is 11.0. The lowest BCUT2D eigenvalue weighted by molar-refractivity contribution is -0.384. The molecule has 0 radical (unpaired) electrons. The normalized spacial score (nSPS) is 10.4. The summed E-state index contributed by atoms with van der Waals surface area (Å²) >= 11 is 2.06. The Morgan fingerprint density at radius 3 is 2.39 bits per heavy atom. The van der Waals surface area contributed by atoms with Crippen LogP contribution in [-0.2, 0) is 0 Å². The summed E-state index contributed by atoms with van der Waals surface area (Å²) in [5.74, 6) is 0. The maximum atomic E-state index is 11.0. The molecule has 1 aromatic heterocycles. The van der Waals surface area contributed by atoms with E-state index >= 15 is 0 Å². The summed E-state index contributed by atoms with van der Waals surface area (Å²) in [5.41, 5.74) is 5.64. The molecule has 94 valence electrons. The summed E-state index contributed by atoms with van der Waals surface area (Å²) in [7, 11) is 0. The molecule has 1 aromatic carbocycles. The smallest absolute Gasteiger partial charge is 0.288 e. The molecule has 0 bridgehead atoms. The lowest BCUT2D eigenvalue weighted by atomic mass is 10.3. The van der Waals surface area contributed by atoms with Crippen LogP contribution in [-0.4, -0.2) is 9.60 Å². The number of nitro benzene ring substituents is 1. The molecule has 0 atom stereocenters. The molecule has 0 aliphatic carbocycles. The van der Waals surface area contributed by atoms with Crippen LogP contribution in [0.3, 0.4) is 0 Å². The second-order valence-corrected chi connectivity index (χ2v) is 5.23. The molecule has 0 saturated heterocycles. The zero-order chi connectivity index (χ0) is 13.3. The SMILES string of the molecule is Cc1ccc(C)n1Nc1ccc(I)cc1[N+](=O)[O-]. The summed E-state index contributed by atoms with van der Waals surface area (Å²) in [6.45, 7) is 3.89. The van der Waals surface area contributed by atoms with Crippen molar-refractivity contribution in [3.05, 3.63) is 55.4 Å². The molecule has 0 saturated carbocycles. The molecule has 18 heavy (non-hydrogen) atoms. The summed E-state index contributed by atoms with van der Waals surface area (Å²) in [4.78, 5) is 10.6. The summed E-state index contributed by atoms with van der Waals surface area (Å²) in [6, 6.07) is 9.03. The van der Waals surface area contributed by atoms with Gasteiger partial charge in [0.1, 0.15) is 5.69 Å². The predicted molar refractivity (Wildman–Crippen MR) is 78.7 cm³/mol. The van der Waals surface area contributed by atoms with Gasteiger partial charge < -0.3 is 0 Å². The third-order valence-corrected chi connectivity index (χ3v) is 3.33. The summed E-state index contributed by atoms with van der Waals surface area (Å²) in [5, 5.41) is 11.0. The molecule has 2 aromatic rings. The van der Waals surface area contributed by atoms with Gasteiger partial charge in [-0.05, 0) is 60.7 Å². The highest BCUT2D eigenvalue weighted by Crippen LogP contribution is 2.27. The van der Waals surface area contributed by atoms with E-state index in [0.717, 1.165) is 15.0 Å². The van der Waals surface area contributed by atoms with Crippen molar-refractivity contribution in [2.45, 2.75) is 13.8 Å². The van der Waals surface area contributed by atoms with Crippen molar-refractivity contribution in [3.63, 3.8) is 0 Å². The standard InChI is InChI=1S/C12H12IN3O2/c1-8-3-4-9(2)15(8)14-11-6-5-10(13)7-12(11)16(17)18/h3-7,14H,1-2H3. The molecular weight excluding hydrogens is 345 g/mol. The average molecular weight is 357 g/mol. The zero-order valence-corrected chi connectivity index (χ0v) is 12.1. The number of aryl methyl sites for hydroxylation is 2. The number of halogens is 1. The van der Waals surface area contributed by atoms with Crippen LogP contribution in [0.15, 0.2) is 30.3 Å². The number of nitrogens with one attached hydrogen (secondary N) is 1. The Kier molecular flexibility index (Phi) is 3.55. The van der Waals surface area contributed by atoms with Gasteiger partial charge >= 0.3 is 0 Å². The molecule has 0 aliphatic rings. The maximum Gasteiger partial charge on any atom is 0.295 e. The van der Waals surface area contributed by atoms with Crippen molar-refractivity contribution in [2.24, 2.45) is 0 Å². The minimum atomic E-state index is -0.376. The van der Waals surface area contributed by atoms with Crippen LogP contribution in [0.1, 0.15) is 11.4 Å². The van der Waals surface area contributed by atoms with E-state index in [0.29, 0.717) is 5.69 Å². The Morgan fingerprint density at radius 1 is 1.22 bits per heavy atom. The van der Waals surface area contributed by atoms with Crippen LogP contribution in [0.5, 0.6) is 0 Å². The van der Waals surface area contributed by atoms with E-state index in [9.17, 15) is 10.1 Å². The summed E-state index contributed by atoms with van der Waals surface area (Å²) < 4.78 is 2.67. The Labute approximate surface area is 118 Å². The van der Waals surface area contributed by atoms with Crippen LogP contribution < -0.4 is 5.43 Å². The first-order valence-electron chi connectivity index (χ1n) is 5.35. The second-order valence-electron chi connectivity index (χ2n) is 3.98. The van der Waals surface area contributed by atoms with E-state index in [1.54, 1.807) is 12.1 Å². The van der Waals surface area contributed by atoms with Crippen LogP contribution in [0.25, 0.3) is 0 Å². The van der Waals surface area contributed by atoms with Crippen LogP contribution in [0, 0.1) is 27.5 Å². The van der Waals surface area contributed by atoms with Gasteiger partial charge in [0.2, 0.25) is 0 Å². The van der Waals surface area contributed by atoms with Gasteiger partial charge in [0.25, 0.3) is 5.69 Å². The van der Waals surface area contributed by atoms with Crippen LogP contribution in [0.2, 0.25) is 0 Å². The fourth-order valence-electron chi connectivity index (χ4n) is 1.72. The number of anilines is 1. The van der Waals surface area contributed by atoms with Crippen molar-refractivity contribution in [1.29, 1.82) is 0 Å². The van der Waals surface area contributed by atoms with E-state index in [2.05, 4.69) is 28.0 Å². The highest BCUT2D eigenvalue weighted by Gasteiger charge is 2.15. The quantitative estimate of drug-likeness (QED) is 0.520. The lowest BCUT2D eigenvalue weighted by Gasteiger charge is -2.12. The third kappa shape index (κ3) is 2.47. The molecule has 1 heterocycles. The molecule has 0 fully saturated rings. The Hall–Kier alpha value is -1.57. The first kappa shape index (κ1) is 12.9. The number of aromatic nitrogens is 1. The molecule has 0 spiro atoms. The monoisotopic (exact) mass is 357 g/mol. The molecule has 0 aliphatic heterocycles. The molecule has 1 N–H and O–H groups in total. The van der Waals surface area contributed by atoms with E-state index in [4.69, 9.17) is 0 Å². The van der Waals surface area contributed by atoms with E-state index in [1.807, 2.05) is 36.7 Å². The second kappa shape index (κ2) is 4.97. The van der Waals surface area contributed by atoms with Crippen LogP contribution >= 0.6 is 22.6 Å². The van der Waals surface area contributed by atoms with Crippen molar-refractivity contribution in [3.8, 4) is 0 Å². The number of nitrogens with zero attached hydrogens (tertiary/aromatic N) is 2. The molecule has 5 nitrogen and oxygen atoms in total. The van der Waals surface area contributed by atoms with E-state index in [-0.39, 0.29) is 10.6 Å². The number of nitro groups is 1. The van der Waals surface area contributed by atoms with Gasteiger partial charge in [0.05, 0.1) is 4.92 Å². The number of hydrogen-bond donors (Lipinski definition) is 1. The largest absolute Gasteiger partial charge is 0.295 e. The van der Waals surface area contributed by atoms with E-state index < -0.39 is 0 Å². The highest BCUT2D eigenvalue weighted by molar-refractivity contribution is 14.1. The summed E-state index contributed by atoms with van der Waals surface area (Å²) in [6.07, 6.45) is 0. The first-order valence-corrected chi connectivity index (χ1v) is 6.43. The Balaban J connectivity index is 2.43. The molecule has 0 amide bonds. The third-order valence-electron chi connectivity index (χ3n) is 2.66. The number of benzene rings is 1. The molecule has 2 rings (SSSR count). The van der Waals surface area contributed by atoms with Crippen molar-refractivity contribution < 1.29 is 4.92 Å². The van der Waals surface area contributed by atoms with Gasteiger partial charge in [0, 0.05) is 21.0 Å². The van der Waals surface area contributed by atoms with Gasteiger partial charge in [-0.25, -0.2) is 0 Å². The van der Waals surface area contributed by atoms with Gasteiger partial charge in [0.15, 0.2) is 0 Å². The average Bonchev–Trinajstić information content (AvgIpc) is 2.62. The Morgan fingerprint density at radius 2 is 1.83 bits per heavy atom. The lowest BCUT2D eigenvalue weighted by Crippen LogP contribution is -2.13. The number of rotatable bonds is 3. The predicted octanol–water partition coefficient (Wildman–Crippen LogP) is 3.49. The molecule has 6 heteroatoms. The molecule has 0 unspecified atom stereocenters. The van der Waals surface area contributed by atoms with E-state index in [1.165, 1.54) is 0 Å². The minimum absolute atomic E-state index is 0.0781. The fraction of sp³-hybridized carbons (Fsp3) is 0.167. The topological polar surface area (TPSA) is 60.1 Å². The number of hydrogen-bond acceptors (Lipinski definition) is 3. The highest BCUT2D eigenvalue weighted by atomic mass is 127. The van der Waals surface area contributed by atoms with Gasteiger partial charge in [-0.3, -0.25) is 20.2 Å². The minimum Gasteiger partial charge on any atom is -0.288 e. The van der Waals surface area contributed by atoms with Crippen LogP contribution in [0.4, 0.5) is 11.4 Å². The first-order chi connectivity index (χ1) is 8.49. The Bertz CT molecular complexity index is 588. The fourth-order valence-corrected chi connectivity index (χ4v) is 2.19. The van der Waals surface area contributed by atoms with Gasteiger partial charge in [-0.2, -0.15) is 0 Å². The van der Waals surface area contributed by atoms with Gasteiger partial charge in [-0.1, -0.05) is 0 Å². The molecular formula is C12H12IN3O2.